The molecule has 0 fully saturated rings. The van der Waals surface area contributed by atoms with Gasteiger partial charge in [0.1, 0.15) is 0 Å². The fourth-order valence-electron chi connectivity index (χ4n) is 2.52. The minimum Gasteiger partial charge on any atom is -0.481 e. The van der Waals surface area contributed by atoms with Gasteiger partial charge in [-0.1, -0.05) is 19.1 Å². The van der Waals surface area contributed by atoms with E-state index in [0.717, 1.165) is 5.56 Å². The molecule has 2 N–H and O–H groups in total. The van der Waals surface area contributed by atoms with Crippen LogP contribution in [0.1, 0.15) is 45.6 Å². The van der Waals surface area contributed by atoms with Crippen LogP contribution in [0.3, 0.4) is 0 Å². The minimum atomic E-state index is -0.823. The van der Waals surface area contributed by atoms with E-state index in [1.165, 1.54) is 0 Å². The van der Waals surface area contributed by atoms with Crippen molar-refractivity contribution in [3.8, 4) is 0 Å². The number of amides is 2. The number of carbonyl (C=O) groups is 3. The van der Waals surface area contributed by atoms with E-state index in [0.29, 0.717) is 44.5 Å². The molecule has 0 aromatic heterocycles. The third-order valence-electron chi connectivity index (χ3n) is 4.11. The third-order valence-corrected chi connectivity index (χ3v) is 4.11. The summed E-state index contributed by atoms with van der Waals surface area (Å²) in [6.07, 6.45) is 1.65. The minimum absolute atomic E-state index is 0.0784. The highest BCUT2D eigenvalue weighted by molar-refractivity contribution is 5.91. The summed E-state index contributed by atoms with van der Waals surface area (Å²) in [7, 11) is 0. The molecule has 1 rings (SSSR count). The molecule has 0 radical (unpaired) electrons. The maximum atomic E-state index is 11.9. The predicted octanol–water partition coefficient (Wildman–Crippen LogP) is 2.93. The van der Waals surface area contributed by atoms with Crippen molar-refractivity contribution in [3.05, 3.63) is 29.8 Å². The highest BCUT2D eigenvalue weighted by atomic mass is 16.4. The quantitative estimate of drug-likeness (QED) is 0.680. The maximum absolute atomic E-state index is 11.9. The molecule has 0 saturated carbocycles. The van der Waals surface area contributed by atoms with Gasteiger partial charge < -0.3 is 15.3 Å². The Morgan fingerprint density at radius 1 is 1.08 bits per heavy atom. The van der Waals surface area contributed by atoms with Gasteiger partial charge in [-0.25, -0.2) is 0 Å². The molecule has 0 aliphatic rings. The summed E-state index contributed by atoms with van der Waals surface area (Å²) >= 11 is 0. The first kappa shape index (κ1) is 20.7. The number of hydrogen-bond donors (Lipinski definition) is 2. The van der Waals surface area contributed by atoms with E-state index in [1.54, 1.807) is 24.0 Å². The van der Waals surface area contributed by atoms with Gasteiger partial charge in [-0.15, -0.1) is 0 Å². The Hall–Kier alpha value is -2.37. The van der Waals surface area contributed by atoms with Crippen molar-refractivity contribution < 1.29 is 19.5 Å². The summed E-state index contributed by atoms with van der Waals surface area (Å²) in [5, 5.41) is 11.7. The summed E-state index contributed by atoms with van der Waals surface area (Å²) in [4.78, 5) is 36.4. The van der Waals surface area contributed by atoms with Crippen molar-refractivity contribution >= 4 is 23.5 Å². The largest absolute Gasteiger partial charge is 0.481 e. The van der Waals surface area contributed by atoms with E-state index >= 15 is 0 Å². The SMILES string of the molecule is CCN(CC)C(=O)CCCC(=O)Nc1ccc(CC(C)C(=O)O)cc1. The van der Waals surface area contributed by atoms with Gasteiger partial charge in [0.25, 0.3) is 0 Å². The van der Waals surface area contributed by atoms with Crippen molar-refractivity contribution in [2.24, 2.45) is 5.92 Å². The van der Waals surface area contributed by atoms with Gasteiger partial charge >= 0.3 is 5.97 Å². The molecule has 1 atom stereocenters. The Bertz CT molecular complexity index is 580. The fourth-order valence-corrected chi connectivity index (χ4v) is 2.52. The molecule has 0 aliphatic heterocycles. The molecule has 0 heterocycles. The topological polar surface area (TPSA) is 86.7 Å². The van der Waals surface area contributed by atoms with Crippen LogP contribution >= 0.6 is 0 Å². The molecular weight excluding hydrogens is 320 g/mol. The second-order valence-corrected chi connectivity index (χ2v) is 6.11. The van der Waals surface area contributed by atoms with Crippen LogP contribution in [0.5, 0.6) is 0 Å². The van der Waals surface area contributed by atoms with Crippen molar-refractivity contribution in [1.82, 2.24) is 4.90 Å². The molecule has 0 saturated heterocycles. The van der Waals surface area contributed by atoms with Crippen molar-refractivity contribution in [2.45, 2.75) is 46.5 Å². The standard InChI is InChI=1S/C19H28N2O4/c1-4-21(5-2)18(23)8-6-7-17(22)20-16-11-9-15(10-12-16)13-14(3)19(24)25/h9-12,14H,4-8,13H2,1-3H3,(H,20,22)(H,24,25). The number of rotatable bonds is 10. The Morgan fingerprint density at radius 2 is 1.68 bits per heavy atom. The maximum Gasteiger partial charge on any atom is 0.306 e. The lowest BCUT2D eigenvalue weighted by atomic mass is 10.0. The first-order chi connectivity index (χ1) is 11.9. The summed E-state index contributed by atoms with van der Waals surface area (Å²) in [5.74, 6) is -1.31. The van der Waals surface area contributed by atoms with Crippen LogP contribution in [-0.2, 0) is 20.8 Å². The molecule has 25 heavy (non-hydrogen) atoms. The number of hydrogen-bond acceptors (Lipinski definition) is 3. The lowest BCUT2D eigenvalue weighted by Gasteiger charge is -2.18. The summed E-state index contributed by atoms with van der Waals surface area (Å²) in [6.45, 7) is 6.92. The van der Waals surface area contributed by atoms with Crippen molar-refractivity contribution in [3.63, 3.8) is 0 Å². The zero-order valence-electron chi connectivity index (χ0n) is 15.2. The van der Waals surface area contributed by atoms with E-state index in [-0.39, 0.29) is 11.8 Å². The molecule has 1 aromatic rings. The summed E-state index contributed by atoms with van der Waals surface area (Å²) < 4.78 is 0. The van der Waals surface area contributed by atoms with Gasteiger partial charge in [-0.05, 0) is 44.4 Å². The fraction of sp³-hybridized carbons (Fsp3) is 0.526. The highest BCUT2D eigenvalue weighted by Crippen LogP contribution is 2.14. The average Bonchev–Trinajstić information content (AvgIpc) is 2.57. The van der Waals surface area contributed by atoms with Crippen LogP contribution in [0.15, 0.2) is 24.3 Å². The molecule has 138 valence electrons. The molecule has 1 aromatic carbocycles. The zero-order valence-corrected chi connectivity index (χ0v) is 15.2. The number of nitrogens with one attached hydrogen (secondary N) is 1. The van der Waals surface area contributed by atoms with Crippen LogP contribution in [0, 0.1) is 5.92 Å². The van der Waals surface area contributed by atoms with Gasteiger partial charge in [0.15, 0.2) is 0 Å². The second kappa shape index (κ2) is 10.5. The number of nitrogens with zero attached hydrogens (tertiary/aromatic N) is 1. The molecule has 0 aliphatic carbocycles. The number of carboxylic acid groups (broad SMARTS) is 1. The van der Waals surface area contributed by atoms with Gasteiger partial charge in [-0.2, -0.15) is 0 Å². The number of carboxylic acids is 1. The van der Waals surface area contributed by atoms with E-state index in [9.17, 15) is 14.4 Å². The highest BCUT2D eigenvalue weighted by Gasteiger charge is 2.12. The first-order valence-corrected chi connectivity index (χ1v) is 8.76. The summed E-state index contributed by atoms with van der Waals surface area (Å²) in [5.41, 5.74) is 1.59. The Labute approximate surface area is 149 Å². The van der Waals surface area contributed by atoms with Gasteiger partial charge in [0.05, 0.1) is 5.92 Å². The molecule has 6 nitrogen and oxygen atoms in total. The Morgan fingerprint density at radius 3 is 2.20 bits per heavy atom. The van der Waals surface area contributed by atoms with Gasteiger partial charge in [0, 0.05) is 31.6 Å². The van der Waals surface area contributed by atoms with Gasteiger partial charge in [-0.3, -0.25) is 14.4 Å². The number of anilines is 1. The molecular formula is C19H28N2O4. The third kappa shape index (κ3) is 7.37. The number of aliphatic carboxylic acids is 1. The lowest BCUT2D eigenvalue weighted by molar-refractivity contribution is -0.141. The van der Waals surface area contributed by atoms with E-state index in [4.69, 9.17) is 5.11 Å². The Balaban J connectivity index is 2.39. The zero-order chi connectivity index (χ0) is 18.8. The van der Waals surface area contributed by atoms with Crippen molar-refractivity contribution in [1.29, 1.82) is 0 Å². The first-order valence-electron chi connectivity index (χ1n) is 8.76. The molecule has 1 unspecified atom stereocenters. The molecule has 0 bridgehead atoms. The molecule has 6 heteroatoms. The summed E-state index contributed by atoms with van der Waals surface area (Å²) in [6, 6.07) is 7.17. The van der Waals surface area contributed by atoms with E-state index < -0.39 is 11.9 Å². The van der Waals surface area contributed by atoms with Crippen LogP contribution in [0.2, 0.25) is 0 Å². The average molecular weight is 348 g/mol. The van der Waals surface area contributed by atoms with Gasteiger partial charge in [0.2, 0.25) is 11.8 Å². The van der Waals surface area contributed by atoms with Crippen LogP contribution in [-0.4, -0.2) is 40.9 Å². The number of carbonyl (C=O) groups excluding carboxylic acids is 2. The molecule has 0 spiro atoms. The van der Waals surface area contributed by atoms with Crippen LogP contribution in [0.4, 0.5) is 5.69 Å². The predicted molar refractivity (Wildman–Crippen MR) is 97.4 cm³/mol. The monoisotopic (exact) mass is 348 g/mol. The normalized spacial score (nSPS) is 11.6. The van der Waals surface area contributed by atoms with Crippen LogP contribution < -0.4 is 5.32 Å². The lowest BCUT2D eigenvalue weighted by Crippen LogP contribution is -2.30. The second-order valence-electron chi connectivity index (χ2n) is 6.11. The smallest absolute Gasteiger partial charge is 0.306 e. The number of benzene rings is 1. The van der Waals surface area contributed by atoms with Crippen LogP contribution in [0.25, 0.3) is 0 Å². The Kier molecular flexibility index (Phi) is 8.67. The van der Waals surface area contributed by atoms with Crippen molar-refractivity contribution in [2.75, 3.05) is 18.4 Å². The molecule has 2 amide bonds. The van der Waals surface area contributed by atoms with E-state index in [2.05, 4.69) is 5.32 Å². The van der Waals surface area contributed by atoms with E-state index in [1.807, 2.05) is 26.0 Å².